The van der Waals surface area contributed by atoms with Crippen molar-refractivity contribution >= 4 is 17.2 Å². The van der Waals surface area contributed by atoms with Gasteiger partial charge in [-0.2, -0.15) is 0 Å². The lowest BCUT2D eigenvalue weighted by Gasteiger charge is -2.36. The lowest BCUT2D eigenvalue weighted by atomic mass is 9.94. The molecule has 1 aromatic carbocycles. The molecule has 2 aromatic rings. The number of amides is 1. The summed E-state index contributed by atoms with van der Waals surface area (Å²) >= 11 is 1.66. The van der Waals surface area contributed by atoms with Gasteiger partial charge in [-0.25, -0.2) is 4.98 Å². The number of fused-ring (bicyclic) bond motifs is 5. The zero-order chi connectivity index (χ0) is 17.5. The second kappa shape index (κ2) is 6.78. The summed E-state index contributed by atoms with van der Waals surface area (Å²) in [4.78, 5) is 22.4. The van der Waals surface area contributed by atoms with Crippen LogP contribution in [0.3, 0.4) is 0 Å². The zero-order valence-corrected chi connectivity index (χ0v) is 15.9. The standard InChI is InChI=1S/C21H25N3OS/c25-21(18-6-5-16-2-1-3-17(16)8-18)24-10-15-4-7-20(24)12-23(9-15)11-19-13-26-14-22-19/h5-6,8,13-15,20H,1-4,7,9-12H2/t15-,20+/m1/s1. The van der Waals surface area contributed by atoms with Crippen LogP contribution in [0.2, 0.25) is 0 Å². The van der Waals surface area contributed by atoms with Crippen molar-refractivity contribution in [2.24, 2.45) is 5.92 Å². The second-order valence-corrected chi connectivity index (χ2v) is 8.78. The lowest BCUT2D eigenvalue weighted by molar-refractivity contribution is 0.0585. The third-order valence-corrected chi connectivity index (χ3v) is 6.90. The summed E-state index contributed by atoms with van der Waals surface area (Å²) in [6, 6.07) is 6.74. The van der Waals surface area contributed by atoms with Gasteiger partial charge in [-0.1, -0.05) is 6.07 Å². The highest BCUT2D eigenvalue weighted by molar-refractivity contribution is 7.07. The fourth-order valence-electron chi connectivity index (χ4n) is 4.97. The van der Waals surface area contributed by atoms with Gasteiger partial charge in [-0.15, -0.1) is 11.3 Å². The van der Waals surface area contributed by atoms with Gasteiger partial charge in [-0.3, -0.25) is 9.69 Å². The predicted molar refractivity (Wildman–Crippen MR) is 103 cm³/mol. The molecule has 5 heteroatoms. The number of benzene rings is 1. The topological polar surface area (TPSA) is 36.4 Å². The normalized spacial score (nSPS) is 25.3. The summed E-state index contributed by atoms with van der Waals surface area (Å²) in [5.41, 5.74) is 6.79. The van der Waals surface area contributed by atoms with Gasteiger partial charge >= 0.3 is 0 Å². The van der Waals surface area contributed by atoms with Crippen LogP contribution >= 0.6 is 11.3 Å². The number of aryl methyl sites for hydroxylation is 2. The molecule has 4 heterocycles. The fourth-order valence-corrected chi connectivity index (χ4v) is 5.52. The Bertz CT molecular complexity index is 804. The summed E-state index contributed by atoms with van der Waals surface area (Å²) in [5, 5.41) is 2.14. The van der Waals surface area contributed by atoms with Crippen LogP contribution in [0.25, 0.3) is 0 Å². The number of thiazole rings is 1. The van der Waals surface area contributed by atoms with Crippen LogP contribution in [0.5, 0.6) is 0 Å². The van der Waals surface area contributed by atoms with Crippen LogP contribution in [-0.2, 0) is 19.4 Å². The molecular formula is C21H25N3OS. The Balaban J connectivity index is 1.34. The number of piperidine rings is 1. The van der Waals surface area contributed by atoms with E-state index in [2.05, 4.69) is 38.4 Å². The average molecular weight is 368 g/mol. The molecule has 1 aromatic heterocycles. The minimum atomic E-state index is 0.241. The Morgan fingerprint density at radius 1 is 1.15 bits per heavy atom. The van der Waals surface area contributed by atoms with Gasteiger partial charge in [0.2, 0.25) is 0 Å². The van der Waals surface area contributed by atoms with Gasteiger partial charge in [-0.05, 0) is 61.3 Å². The fraction of sp³-hybridized carbons (Fsp3) is 0.524. The number of carbonyl (C=O) groups is 1. The molecule has 3 saturated heterocycles. The van der Waals surface area contributed by atoms with Crippen molar-refractivity contribution in [3.63, 3.8) is 0 Å². The highest BCUT2D eigenvalue weighted by Gasteiger charge is 2.37. The van der Waals surface area contributed by atoms with E-state index in [0.29, 0.717) is 12.0 Å². The van der Waals surface area contributed by atoms with E-state index in [4.69, 9.17) is 0 Å². The Kier molecular flexibility index (Phi) is 4.29. The summed E-state index contributed by atoms with van der Waals surface area (Å²) in [6.45, 7) is 3.89. The van der Waals surface area contributed by atoms with Gasteiger partial charge in [0.15, 0.2) is 0 Å². The van der Waals surface area contributed by atoms with Crippen molar-refractivity contribution in [3.05, 3.63) is 51.5 Å². The SMILES string of the molecule is O=C(c1ccc2c(c1)CCC2)N1C[C@@H]2CC[C@H]1CN(Cc1cscn1)C2. The van der Waals surface area contributed by atoms with Crippen molar-refractivity contribution in [2.75, 3.05) is 19.6 Å². The second-order valence-electron chi connectivity index (χ2n) is 8.07. The molecule has 136 valence electrons. The lowest BCUT2D eigenvalue weighted by Crippen LogP contribution is -2.47. The van der Waals surface area contributed by atoms with Crippen LogP contribution < -0.4 is 0 Å². The van der Waals surface area contributed by atoms with Crippen molar-refractivity contribution in [1.82, 2.24) is 14.8 Å². The number of carbonyl (C=O) groups excluding carboxylic acids is 1. The molecule has 0 spiro atoms. The molecule has 3 aliphatic heterocycles. The Morgan fingerprint density at radius 2 is 2.08 bits per heavy atom. The summed E-state index contributed by atoms with van der Waals surface area (Å²) in [5.74, 6) is 0.829. The van der Waals surface area contributed by atoms with Crippen LogP contribution in [0.15, 0.2) is 29.1 Å². The summed E-state index contributed by atoms with van der Waals surface area (Å²) < 4.78 is 0. The first-order valence-electron chi connectivity index (χ1n) is 9.78. The van der Waals surface area contributed by atoms with Gasteiger partial charge in [0.05, 0.1) is 11.2 Å². The molecular weight excluding hydrogens is 342 g/mol. The van der Waals surface area contributed by atoms with E-state index in [0.717, 1.165) is 50.3 Å². The van der Waals surface area contributed by atoms with Gasteiger partial charge in [0, 0.05) is 43.2 Å². The third kappa shape index (κ3) is 3.08. The van der Waals surface area contributed by atoms with Crippen molar-refractivity contribution in [3.8, 4) is 0 Å². The molecule has 0 N–H and O–H groups in total. The smallest absolute Gasteiger partial charge is 0.254 e. The minimum Gasteiger partial charge on any atom is -0.334 e. The zero-order valence-electron chi connectivity index (χ0n) is 15.1. The van der Waals surface area contributed by atoms with Crippen molar-refractivity contribution in [2.45, 2.75) is 44.7 Å². The molecule has 0 radical (unpaired) electrons. The Labute approximate surface area is 158 Å². The Hall–Kier alpha value is -1.72. The van der Waals surface area contributed by atoms with E-state index in [1.807, 2.05) is 5.51 Å². The highest BCUT2D eigenvalue weighted by atomic mass is 32.1. The maximum absolute atomic E-state index is 13.3. The van der Waals surface area contributed by atoms with Crippen LogP contribution in [0, 0.1) is 5.92 Å². The molecule has 0 unspecified atom stereocenters. The molecule has 26 heavy (non-hydrogen) atoms. The van der Waals surface area contributed by atoms with Gasteiger partial charge < -0.3 is 4.90 Å². The minimum absolute atomic E-state index is 0.241. The first kappa shape index (κ1) is 16.5. The Morgan fingerprint density at radius 3 is 2.96 bits per heavy atom. The number of aromatic nitrogens is 1. The van der Waals surface area contributed by atoms with E-state index in [1.165, 1.54) is 30.4 Å². The van der Waals surface area contributed by atoms with E-state index >= 15 is 0 Å². The maximum atomic E-state index is 13.3. The van der Waals surface area contributed by atoms with Crippen LogP contribution in [0.4, 0.5) is 0 Å². The van der Waals surface area contributed by atoms with Gasteiger partial charge in [0.25, 0.3) is 5.91 Å². The highest BCUT2D eigenvalue weighted by Crippen LogP contribution is 2.31. The summed E-state index contributed by atoms with van der Waals surface area (Å²) in [7, 11) is 0. The molecule has 1 aliphatic carbocycles. The third-order valence-electron chi connectivity index (χ3n) is 6.26. The molecule has 2 atom stereocenters. The maximum Gasteiger partial charge on any atom is 0.254 e. The largest absolute Gasteiger partial charge is 0.334 e. The van der Waals surface area contributed by atoms with Crippen molar-refractivity contribution in [1.29, 1.82) is 0 Å². The van der Waals surface area contributed by atoms with E-state index in [1.54, 1.807) is 11.3 Å². The van der Waals surface area contributed by atoms with E-state index in [-0.39, 0.29) is 5.91 Å². The number of hydrogen-bond donors (Lipinski definition) is 0. The average Bonchev–Trinajstić information content (AvgIpc) is 3.26. The number of rotatable bonds is 3. The van der Waals surface area contributed by atoms with Crippen molar-refractivity contribution < 1.29 is 4.79 Å². The number of nitrogens with zero attached hydrogens (tertiary/aromatic N) is 3. The first-order chi connectivity index (χ1) is 12.8. The van der Waals surface area contributed by atoms with E-state index in [9.17, 15) is 4.79 Å². The quantitative estimate of drug-likeness (QED) is 0.835. The molecule has 0 saturated carbocycles. The van der Waals surface area contributed by atoms with Gasteiger partial charge in [0.1, 0.15) is 0 Å². The molecule has 4 aliphatic rings. The predicted octanol–water partition coefficient (Wildman–Crippen LogP) is 3.37. The van der Waals surface area contributed by atoms with Crippen LogP contribution in [0.1, 0.15) is 46.4 Å². The molecule has 3 fully saturated rings. The number of hydrogen-bond acceptors (Lipinski definition) is 4. The molecule has 4 nitrogen and oxygen atoms in total. The van der Waals surface area contributed by atoms with Crippen LogP contribution in [-0.4, -0.2) is 46.4 Å². The molecule has 2 bridgehead atoms. The molecule has 6 rings (SSSR count). The monoisotopic (exact) mass is 367 g/mol. The van der Waals surface area contributed by atoms with E-state index < -0.39 is 0 Å². The molecule has 1 amide bonds. The summed E-state index contributed by atoms with van der Waals surface area (Å²) in [6.07, 6.45) is 5.90. The first-order valence-corrected chi connectivity index (χ1v) is 10.7.